The van der Waals surface area contributed by atoms with Crippen LogP contribution in [0.25, 0.3) is 11.6 Å². The molecule has 0 aromatic heterocycles. The van der Waals surface area contributed by atoms with Crippen molar-refractivity contribution in [2.75, 3.05) is 19.7 Å². The summed E-state index contributed by atoms with van der Waals surface area (Å²) in [6, 6.07) is 18.0. The number of rotatable bonds is 4. The summed E-state index contributed by atoms with van der Waals surface area (Å²) in [6.45, 7) is 5.87. The van der Waals surface area contributed by atoms with E-state index in [1.807, 2.05) is 61.2 Å². The molecule has 0 unspecified atom stereocenters. The molecule has 0 saturated carbocycles. The van der Waals surface area contributed by atoms with Crippen LogP contribution in [0.15, 0.2) is 66.2 Å². The molecule has 1 aliphatic heterocycles. The topological polar surface area (TPSA) is 29.5 Å². The van der Waals surface area contributed by atoms with Gasteiger partial charge in [-0.25, -0.2) is 0 Å². The van der Waals surface area contributed by atoms with Crippen LogP contribution in [0.3, 0.4) is 0 Å². The quantitative estimate of drug-likeness (QED) is 0.776. The lowest BCUT2D eigenvalue weighted by Gasteiger charge is -2.24. The van der Waals surface area contributed by atoms with E-state index in [1.54, 1.807) is 6.08 Å². The van der Waals surface area contributed by atoms with Gasteiger partial charge in [0.1, 0.15) is 12.4 Å². The molecule has 1 amide bonds. The third kappa shape index (κ3) is 3.82. The van der Waals surface area contributed by atoms with Crippen molar-refractivity contribution in [2.24, 2.45) is 0 Å². The fourth-order valence-corrected chi connectivity index (χ4v) is 3.01. The average molecular weight is 333 g/mol. The van der Waals surface area contributed by atoms with Gasteiger partial charge in [0, 0.05) is 24.7 Å². The highest BCUT2D eigenvalue weighted by atomic mass is 16.5. The first-order valence-electron chi connectivity index (χ1n) is 8.71. The first-order chi connectivity index (χ1) is 12.2. The lowest BCUT2D eigenvalue weighted by molar-refractivity contribution is -0.125. The van der Waals surface area contributed by atoms with E-state index in [0.717, 1.165) is 28.0 Å². The predicted octanol–water partition coefficient (Wildman–Crippen LogP) is 4.41. The van der Waals surface area contributed by atoms with Crippen LogP contribution >= 0.6 is 0 Å². The van der Waals surface area contributed by atoms with Gasteiger partial charge in [0.15, 0.2) is 0 Å². The molecule has 0 bridgehead atoms. The number of hydrogen-bond donors (Lipinski definition) is 0. The molecule has 25 heavy (non-hydrogen) atoms. The van der Waals surface area contributed by atoms with E-state index < -0.39 is 0 Å². The zero-order valence-corrected chi connectivity index (χ0v) is 14.7. The van der Waals surface area contributed by atoms with E-state index in [1.165, 1.54) is 0 Å². The highest BCUT2D eigenvalue weighted by molar-refractivity contribution is 6.01. The van der Waals surface area contributed by atoms with Crippen LogP contribution in [0.1, 0.15) is 25.0 Å². The Balaban J connectivity index is 2.06. The Bertz CT molecular complexity index is 802. The number of amides is 1. The number of likely N-dealkylation sites (N-methyl/N-ethyl adjacent to an activating group) is 1. The summed E-state index contributed by atoms with van der Waals surface area (Å²) in [6.07, 6.45) is 3.85. The van der Waals surface area contributed by atoms with Gasteiger partial charge in [0.2, 0.25) is 5.91 Å². The number of nitrogens with zero attached hydrogens (tertiary/aromatic N) is 1. The van der Waals surface area contributed by atoms with Crippen LogP contribution in [0.2, 0.25) is 0 Å². The average Bonchev–Trinajstić information content (AvgIpc) is 2.65. The molecule has 0 radical (unpaired) electrons. The van der Waals surface area contributed by atoms with Gasteiger partial charge in [0.05, 0.1) is 0 Å². The van der Waals surface area contributed by atoms with E-state index in [4.69, 9.17) is 4.74 Å². The number of carbonyl (C=O) groups excluding carboxylic acids is 1. The van der Waals surface area contributed by atoms with Gasteiger partial charge in [-0.15, -0.1) is 0 Å². The van der Waals surface area contributed by atoms with Crippen LogP contribution in [-0.2, 0) is 4.79 Å². The second-order valence-electron chi connectivity index (χ2n) is 5.93. The standard InChI is InChI=1S/C22H23NO2/c1-3-23(4-2)22(24)15-20-18(14-17-10-6-5-7-11-17)16-25-21-13-9-8-12-19(20)21/h5-15H,3-4,16H2,1-2H3/b18-14+,20-15+. The maximum Gasteiger partial charge on any atom is 0.247 e. The first-order valence-corrected chi connectivity index (χ1v) is 8.71. The van der Waals surface area contributed by atoms with Crippen molar-refractivity contribution in [1.29, 1.82) is 0 Å². The van der Waals surface area contributed by atoms with E-state index in [0.29, 0.717) is 19.7 Å². The summed E-state index contributed by atoms with van der Waals surface area (Å²) < 4.78 is 5.90. The smallest absolute Gasteiger partial charge is 0.247 e. The highest BCUT2D eigenvalue weighted by Gasteiger charge is 2.21. The number of benzene rings is 2. The van der Waals surface area contributed by atoms with Crippen LogP contribution in [-0.4, -0.2) is 30.5 Å². The van der Waals surface area contributed by atoms with Crippen molar-refractivity contribution in [3.63, 3.8) is 0 Å². The Kier molecular flexibility index (Phi) is 5.34. The van der Waals surface area contributed by atoms with Gasteiger partial charge in [-0.3, -0.25) is 4.79 Å². The Morgan fingerprint density at radius 1 is 1.04 bits per heavy atom. The Morgan fingerprint density at radius 3 is 2.44 bits per heavy atom. The molecule has 1 heterocycles. The fourth-order valence-electron chi connectivity index (χ4n) is 3.01. The number of para-hydroxylation sites is 1. The third-order valence-corrected chi connectivity index (χ3v) is 4.39. The van der Waals surface area contributed by atoms with Crippen LogP contribution < -0.4 is 4.74 Å². The number of carbonyl (C=O) groups is 1. The fraction of sp³-hybridized carbons (Fsp3) is 0.227. The Hall–Kier alpha value is -2.81. The molecule has 128 valence electrons. The predicted molar refractivity (Wildman–Crippen MR) is 102 cm³/mol. The zero-order valence-electron chi connectivity index (χ0n) is 14.7. The van der Waals surface area contributed by atoms with Gasteiger partial charge >= 0.3 is 0 Å². The summed E-state index contributed by atoms with van der Waals surface area (Å²) in [4.78, 5) is 14.5. The molecular weight excluding hydrogens is 310 g/mol. The van der Waals surface area contributed by atoms with Crippen molar-refractivity contribution in [3.05, 3.63) is 77.4 Å². The summed E-state index contributed by atoms with van der Waals surface area (Å²) in [5.41, 5.74) is 4.03. The van der Waals surface area contributed by atoms with Gasteiger partial charge in [-0.1, -0.05) is 48.5 Å². The summed E-state index contributed by atoms with van der Waals surface area (Å²) in [7, 11) is 0. The molecule has 0 N–H and O–H groups in total. The molecule has 0 saturated heterocycles. The van der Waals surface area contributed by atoms with Crippen LogP contribution in [0.4, 0.5) is 0 Å². The molecule has 2 aromatic carbocycles. The lowest BCUT2D eigenvalue weighted by atomic mass is 9.93. The van der Waals surface area contributed by atoms with E-state index in [-0.39, 0.29) is 5.91 Å². The highest BCUT2D eigenvalue weighted by Crippen LogP contribution is 2.36. The van der Waals surface area contributed by atoms with E-state index in [9.17, 15) is 4.79 Å². The lowest BCUT2D eigenvalue weighted by Crippen LogP contribution is -2.29. The van der Waals surface area contributed by atoms with Gasteiger partial charge in [-0.2, -0.15) is 0 Å². The summed E-state index contributed by atoms with van der Waals surface area (Å²) in [5, 5.41) is 0. The first kappa shape index (κ1) is 17.0. The normalized spacial score (nSPS) is 16.4. The maximum atomic E-state index is 12.7. The van der Waals surface area contributed by atoms with Crippen molar-refractivity contribution in [3.8, 4) is 5.75 Å². The number of ether oxygens (including phenoxy) is 1. The summed E-state index contributed by atoms with van der Waals surface area (Å²) in [5.74, 6) is 0.863. The molecule has 3 rings (SSSR count). The molecule has 0 aliphatic carbocycles. The largest absolute Gasteiger partial charge is 0.488 e. The molecule has 3 heteroatoms. The Labute approximate surface area is 149 Å². The minimum Gasteiger partial charge on any atom is -0.488 e. The molecule has 1 aliphatic rings. The molecule has 3 nitrogen and oxygen atoms in total. The van der Waals surface area contributed by atoms with Crippen LogP contribution in [0.5, 0.6) is 5.75 Å². The minimum atomic E-state index is 0.0377. The second-order valence-corrected chi connectivity index (χ2v) is 5.93. The molecule has 0 fully saturated rings. The molecule has 0 spiro atoms. The second kappa shape index (κ2) is 7.84. The summed E-state index contributed by atoms with van der Waals surface area (Å²) >= 11 is 0. The van der Waals surface area contributed by atoms with Gasteiger partial charge in [0.25, 0.3) is 0 Å². The maximum absolute atomic E-state index is 12.7. The monoisotopic (exact) mass is 333 g/mol. The molecular formula is C22H23NO2. The van der Waals surface area contributed by atoms with Crippen molar-refractivity contribution in [1.82, 2.24) is 4.90 Å². The van der Waals surface area contributed by atoms with Crippen molar-refractivity contribution >= 4 is 17.6 Å². The minimum absolute atomic E-state index is 0.0377. The zero-order chi connectivity index (χ0) is 17.6. The molecule has 2 aromatic rings. The van der Waals surface area contributed by atoms with Crippen LogP contribution in [0, 0.1) is 0 Å². The number of fused-ring (bicyclic) bond motifs is 1. The SMILES string of the molecule is CCN(CC)C(=O)/C=C1\C(=C\c2ccccc2)COc2ccccc21. The van der Waals surface area contributed by atoms with E-state index in [2.05, 4.69) is 18.2 Å². The van der Waals surface area contributed by atoms with Crippen molar-refractivity contribution < 1.29 is 9.53 Å². The van der Waals surface area contributed by atoms with Crippen molar-refractivity contribution in [2.45, 2.75) is 13.8 Å². The molecule has 0 atom stereocenters. The number of hydrogen-bond acceptors (Lipinski definition) is 2. The van der Waals surface area contributed by atoms with Gasteiger partial charge < -0.3 is 9.64 Å². The van der Waals surface area contributed by atoms with Gasteiger partial charge in [-0.05, 0) is 42.7 Å². The Morgan fingerprint density at radius 2 is 1.72 bits per heavy atom. The van der Waals surface area contributed by atoms with E-state index >= 15 is 0 Å². The third-order valence-electron chi connectivity index (χ3n) is 4.39.